The number of rotatable bonds is 5. The molecule has 4 rings (SSSR count). The van der Waals surface area contributed by atoms with Gasteiger partial charge in [0.25, 0.3) is 5.78 Å². The van der Waals surface area contributed by atoms with E-state index in [0.717, 1.165) is 22.6 Å². The molecular weight excluding hydrogens is 400 g/mol. The van der Waals surface area contributed by atoms with Crippen LogP contribution in [0.1, 0.15) is 23.4 Å². The van der Waals surface area contributed by atoms with Crippen LogP contribution in [-0.4, -0.2) is 67.9 Å². The quantitative estimate of drug-likeness (QED) is 0.627. The molecule has 0 saturated carbocycles. The van der Waals surface area contributed by atoms with Crippen LogP contribution in [-0.2, 0) is 11.2 Å². The number of anilines is 1. The molecule has 3 heterocycles. The van der Waals surface area contributed by atoms with Crippen molar-refractivity contribution >= 4 is 29.1 Å². The van der Waals surface area contributed by atoms with Crippen molar-refractivity contribution < 1.29 is 9.90 Å². The van der Waals surface area contributed by atoms with Crippen molar-refractivity contribution in [1.29, 1.82) is 0 Å². The summed E-state index contributed by atoms with van der Waals surface area (Å²) in [4.78, 5) is 25.8. The third kappa shape index (κ3) is 3.94. The van der Waals surface area contributed by atoms with Crippen LogP contribution in [0.5, 0.6) is 5.75 Å². The highest BCUT2D eigenvalue weighted by molar-refractivity contribution is 7.98. The SMILES string of the molecule is CSc1nc2nc(C)c(CCC(=O)N3CCN(c4ccccc4O)CC3)c(C)n2n1. The molecule has 0 aliphatic carbocycles. The molecule has 1 aliphatic rings. The molecule has 0 atom stereocenters. The Labute approximate surface area is 179 Å². The second kappa shape index (κ2) is 8.51. The minimum absolute atomic E-state index is 0.147. The van der Waals surface area contributed by atoms with Crippen LogP contribution in [0.25, 0.3) is 5.78 Å². The number of hydrogen-bond donors (Lipinski definition) is 1. The van der Waals surface area contributed by atoms with E-state index in [2.05, 4.69) is 20.0 Å². The first kappa shape index (κ1) is 20.5. The van der Waals surface area contributed by atoms with Crippen molar-refractivity contribution in [2.45, 2.75) is 31.8 Å². The van der Waals surface area contributed by atoms with E-state index in [1.54, 1.807) is 10.6 Å². The molecule has 0 spiro atoms. The summed E-state index contributed by atoms with van der Waals surface area (Å²) in [5, 5.41) is 15.2. The first-order chi connectivity index (χ1) is 14.5. The van der Waals surface area contributed by atoms with Crippen LogP contribution in [0.15, 0.2) is 29.4 Å². The second-order valence-electron chi connectivity index (χ2n) is 7.43. The molecule has 2 aromatic heterocycles. The summed E-state index contributed by atoms with van der Waals surface area (Å²) in [5.41, 5.74) is 3.77. The van der Waals surface area contributed by atoms with Gasteiger partial charge >= 0.3 is 0 Å². The van der Waals surface area contributed by atoms with Gasteiger partial charge in [0.2, 0.25) is 11.1 Å². The molecule has 1 aliphatic heterocycles. The predicted molar refractivity (Wildman–Crippen MR) is 117 cm³/mol. The number of aryl methyl sites for hydroxylation is 2. The Hall–Kier alpha value is -2.81. The fourth-order valence-electron chi connectivity index (χ4n) is 3.96. The first-order valence-corrected chi connectivity index (χ1v) is 11.3. The lowest BCUT2D eigenvalue weighted by Crippen LogP contribution is -2.48. The Morgan fingerprint density at radius 3 is 2.57 bits per heavy atom. The van der Waals surface area contributed by atoms with Gasteiger partial charge < -0.3 is 14.9 Å². The number of para-hydroxylation sites is 2. The van der Waals surface area contributed by atoms with Crippen LogP contribution in [0.4, 0.5) is 5.69 Å². The topological polar surface area (TPSA) is 86.9 Å². The van der Waals surface area contributed by atoms with Crippen LogP contribution >= 0.6 is 11.8 Å². The Kier molecular flexibility index (Phi) is 5.80. The number of hydrogen-bond acceptors (Lipinski definition) is 7. The largest absolute Gasteiger partial charge is 0.506 e. The zero-order valence-electron chi connectivity index (χ0n) is 17.5. The molecule has 1 aromatic carbocycles. The van der Waals surface area contributed by atoms with Crippen molar-refractivity contribution in [3.8, 4) is 5.75 Å². The molecule has 1 amide bonds. The molecule has 0 radical (unpaired) electrons. The Bertz CT molecular complexity index is 1070. The Balaban J connectivity index is 1.39. The average molecular weight is 427 g/mol. The van der Waals surface area contributed by atoms with Crippen molar-refractivity contribution in [2.75, 3.05) is 37.3 Å². The molecule has 1 N–H and O–H groups in total. The third-order valence-electron chi connectivity index (χ3n) is 5.66. The minimum Gasteiger partial charge on any atom is -0.506 e. The van der Waals surface area contributed by atoms with Crippen molar-refractivity contribution in [1.82, 2.24) is 24.5 Å². The first-order valence-electron chi connectivity index (χ1n) is 10.1. The number of benzene rings is 1. The summed E-state index contributed by atoms with van der Waals surface area (Å²) in [6.45, 7) is 6.71. The molecule has 8 nitrogen and oxygen atoms in total. The van der Waals surface area contributed by atoms with Gasteiger partial charge in [-0.15, -0.1) is 5.10 Å². The lowest BCUT2D eigenvalue weighted by Gasteiger charge is -2.36. The number of piperazine rings is 1. The summed E-state index contributed by atoms with van der Waals surface area (Å²) in [6, 6.07) is 7.34. The van der Waals surface area contributed by atoms with Crippen molar-refractivity contribution in [3.05, 3.63) is 41.2 Å². The number of carbonyl (C=O) groups is 1. The number of thioether (sulfide) groups is 1. The standard InChI is InChI=1S/C21H26N6O2S/c1-14-16(15(2)27-20(22-14)23-21(24-27)30-3)8-9-19(29)26-12-10-25(11-13-26)17-6-4-5-7-18(17)28/h4-7,28H,8-13H2,1-3H3. The Morgan fingerprint density at radius 2 is 1.87 bits per heavy atom. The van der Waals surface area contributed by atoms with E-state index in [4.69, 9.17) is 0 Å². The van der Waals surface area contributed by atoms with Gasteiger partial charge in [0.15, 0.2) is 0 Å². The number of nitrogens with zero attached hydrogens (tertiary/aromatic N) is 6. The number of carbonyl (C=O) groups excluding carboxylic acids is 1. The maximum Gasteiger partial charge on any atom is 0.253 e. The van der Waals surface area contributed by atoms with Crippen molar-refractivity contribution in [2.24, 2.45) is 0 Å². The number of phenolic OH excluding ortho intramolecular Hbond substituents is 1. The van der Waals surface area contributed by atoms with E-state index in [9.17, 15) is 9.90 Å². The molecule has 1 fully saturated rings. The van der Waals surface area contributed by atoms with Gasteiger partial charge in [-0.1, -0.05) is 23.9 Å². The van der Waals surface area contributed by atoms with Crippen LogP contribution in [0.2, 0.25) is 0 Å². The van der Waals surface area contributed by atoms with E-state index in [0.29, 0.717) is 50.0 Å². The molecular formula is C21H26N6O2S. The van der Waals surface area contributed by atoms with Gasteiger partial charge in [-0.2, -0.15) is 4.98 Å². The van der Waals surface area contributed by atoms with E-state index in [1.807, 2.05) is 43.2 Å². The van der Waals surface area contributed by atoms with E-state index < -0.39 is 0 Å². The van der Waals surface area contributed by atoms with Gasteiger partial charge in [0, 0.05) is 44.0 Å². The lowest BCUT2D eigenvalue weighted by molar-refractivity contribution is -0.131. The number of fused-ring (bicyclic) bond motifs is 1. The van der Waals surface area contributed by atoms with Crippen LogP contribution in [0, 0.1) is 13.8 Å². The molecule has 1 saturated heterocycles. The summed E-state index contributed by atoms with van der Waals surface area (Å²) >= 11 is 1.49. The highest BCUT2D eigenvalue weighted by Crippen LogP contribution is 2.27. The normalized spacial score (nSPS) is 14.5. The fourth-order valence-corrected chi connectivity index (χ4v) is 4.29. The molecule has 0 bridgehead atoms. The average Bonchev–Trinajstić information content (AvgIpc) is 3.17. The van der Waals surface area contributed by atoms with Crippen molar-refractivity contribution in [3.63, 3.8) is 0 Å². The summed E-state index contributed by atoms with van der Waals surface area (Å²) in [6.07, 6.45) is 3.01. The van der Waals surface area contributed by atoms with Gasteiger partial charge in [-0.25, -0.2) is 9.50 Å². The van der Waals surface area contributed by atoms with Gasteiger partial charge in [0.1, 0.15) is 5.75 Å². The minimum atomic E-state index is 0.147. The zero-order valence-corrected chi connectivity index (χ0v) is 18.3. The predicted octanol–water partition coefficient (Wildman–Crippen LogP) is 2.45. The molecule has 30 heavy (non-hydrogen) atoms. The monoisotopic (exact) mass is 426 g/mol. The van der Waals surface area contributed by atoms with E-state index >= 15 is 0 Å². The molecule has 0 unspecified atom stereocenters. The number of aromatic hydroxyl groups is 1. The van der Waals surface area contributed by atoms with Gasteiger partial charge in [-0.05, 0) is 44.2 Å². The highest BCUT2D eigenvalue weighted by Gasteiger charge is 2.23. The zero-order chi connectivity index (χ0) is 21.3. The van der Waals surface area contributed by atoms with Crippen LogP contribution in [0.3, 0.4) is 0 Å². The highest BCUT2D eigenvalue weighted by atomic mass is 32.2. The molecule has 158 valence electrons. The third-order valence-corrected chi connectivity index (χ3v) is 6.19. The van der Waals surface area contributed by atoms with Crippen LogP contribution < -0.4 is 4.90 Å². The fraction of sp³-hybridized carbons (Fsp3) is 0.429. The lowest BCUT2D eigenvalue weighted by atomic mass is 10.1. The smallest absolute Gasteiger partial charge is 0.253 e. The number of phenols is 1. The number of aromatic nitrogens is 4. The maximum absolute atomic E-state index is 12.8. The van der Waals surface area contributed by atoms with Gasteiger partial charge in [0.05, 0.1) is 5.69 Å². The summed E-state index contributed by atoms with van der Waals surface area (Å²) in [5.74, 6) is 1.03. The van der Waals surface area contributed by atoms with E-state index in [-0.39, 0.29) is 11.7 Å². The van der Waals surface area contributed by atoms with E-state index in [1.165, 1.54) is 11.8 Å². The van der Waals surface area contributed by atoms with Gasteiger partial charge in [-0.3, -0.25) is 4.79 Å². The molecule has 3 aromatic rings. The number of amides is 1. The maximum atomic E-state index is 12.8. The second-order valence-corrected chi connectivity index (χ2v) is 8.20. The molecule has 9 heteroatoms. The Morgan fingerprint density at radius 1 is 1.13 bits per heavy atom. The summed E-state index contributed by atoms with van der Waals surface area (Å²) in [7, 11) is 0. The summed E-state index contributed by atoms with van der Waals surface area (Å²) < 4.78 is 1.77.